The Bertz CT molecular complexity index is 646. The van der Waals surface area contributed by atoms with Gasteiger partial charge in [0, 0.05) is 0 Å². The number of hydrogen-bond donors (Lipinski definition) is 1. The summed E-state index contributed by atoms with van der Waals surface area (Å²) in [7, 11) is 0. The second-order valence-corrected chi connectivity index (χ2v) is 3.43. The van der Waals surface area contributed by atoms with E-state index in [1.54, 1.807) is 0 Å². The van der Waals surface area contributed by atoms with Crippen molar-refractivity contribution >= 4 is 27.8 Å². The SMILES string of the molecule is Nc1cccc2nc3ccccc3nc12. The molecule has 0 fully saturated rings. The lowest BCUT2D eigenvalue weighted by atomic mass is 10.2. The number of aromatic nitrogens is 2. The lowest BCUT2D eigenvalue weighted by Gasteiger charge is -2.02. The fourth-order valence-corrected chi connectivity index (χ4v) is 1.66. The lowest BCUT2D eigenvalue weighted by molar-refractivity contribution is 1.40. The first-order chi connectivity index (χ1) is 7.34. The van der Waals surface area contributed by atoms with Gasteiger partial charge in [-0.25, -0.2) is 9.97 Å². The second kappa shape index (κ2) is 2.92. The molecular weight excluding hydrogens is 186 g/mol. The predicted octanol–water partition coefficient (Wildman–Crippen LogP) is 2.37. The van der Waals surface area contributed by atoms with Gasteiger partial charge in [-0.2, -0.15) is 0 Å². The van der Waals surface area contributed by atoms with Crippen molar-refractivity contribution < 1.29 is 0 Å². The Balaban J connectivity index is 2.53. The Kier molecular flexibility index (Phi) is 1.59. The van der Waals surface area contributed by atoms with E-state index in [9.17, 15) is 0 Å². The summed E-state index contributed by atoms with van der Waals surface area (Å²) in [6.07, 6.45) is 0. The largest absolute Gasteiger partial charge is 0.397 e. The van der Waals surface area contributed by atoms with Gasteiger partial charge in [-0.3, -0.25) is 0 Å². The van der Waals surface area contributed by atoms with Crippen LogP contribution in [0.2, 0.25) is 0 Å². The molecule has 0 bridgehead atoms. The Morgan fingerprint density at radius 1 is 0.733 bits per heavy atom. The molecule has 0 unspecified atom stereocenters. The minimum absolute atomic E-state index is 0.672. The van der Waals surface area contributed by atoms with Crippen LogP contribution in [0.15, 0.2) is 42.5 Å². The number of nitrogens with two attached hydrogens (primary N) is 1. The summed E-state index contributed by atoms with van der Waals surface area (Å²) >= 11 is 0. The first kappa shape index (κ1) is 8.17. The summed E-state index contributed by atoms with van der Waals surface area (Å²) in [4.78, 5) is 8.99. The summed E-state index contributed by atoms with van der Waals surface area (Å²) in [5, 5.41) is 0. The standard InChI is InChI=1S/C12H9N3/c13-8-4-3-7-11-12(8)15-10-6-2-1-5-9(10)14-11/h1-7H,13H2. The lowest BCUT2D eigenvalue weighted by Crippen LogP contribution is -1.92. The number of anilines is 1. The average Bonchev–Trinajstić information content (AvgIpc) is 2.27. The fraction of sp³-hybridized carbons (Fsp3) is 0. The van der Waals surface area contributed by atoms with E-state index in [1.165, 1.54) is 0 Å². The summed E-state index contributed by atoms with van der Waals surface area (Å²) < 4.78 is 0. The van der Waals surface area contributed by atoms with Crippen LogP contribution in [-0.4, -0.2) is 9.97 Å². The molecule has 15 heavy (non-hydrogen) atoms. The van der Waals surface area contributed by atoms with Crippen LogP contribution in [0.25, 0.3) is 22.1 Å². The summed E-state index contributed by atoms with van der Waals surface area (Å²) in [6, 6.07) is 13.4. The van der Waals surface area contributed by atoms with Crippen LogP contribution in [0.1, 0.15) is 0 Å². The quantitative estimate of drug-likeness (QED) is 0.442. The van der Waals surface area contributed by atoms with Crippen LogP contribution >= 0.6 is 0 Å². The van der Waals surface area contributed by atoms with Crippen molar-refractivity contribution in [3.63, 3.8) is 0 Å². The molecule has 2 N–H and O–H groups in total. The smallest absolute Gasteiger partial charge is 0.112 e. The molecule has 3 rings (SSSR count). The van der Waals surface area contributed by atoms with Crippen molar-refractivity contribution in [2.45, 2.75) is 0 Å². The first-order valence-corrected chi connectivity index (χ1v) is 4.75. The van der Waals surface area contributed by atoms with Gasteiger partial charge in [0.1, 0.15) is 5.52 Å². The molecule has 1 aromatic heterocycles. The topological polar surface area (TPSA) is 51.8 Å². The highest BCUT2D eigenvalue weighted by Gasteiger charge is 2.02. The van der Waals surface area contributed by atoms with Crippen molar-refractivity contribution in [1.82, 2.24) is 9.97 Å². The van der Waals surface area contributed by atoms with E-state index >= 15 is 0 Å². The Morgan fingerprint density at radius 2 is 1.40 bits per heavy atom. The van der Waals surface area contributed by atoms with E-state index in [2.05, 4.69) is 9.97 Å². The minimum Gasteiger partial charge on any atom is -0.397 e. The molecule has 2 aromatic carbocycles. The van der Waals surface area contributed by atoms with Gasteiger partial charge < -0.3 is 5.73 Å². The predicted molar refractivity (Wildman–Crippen MR) is 61.5 cm³/mol. The van der Waals surface area contributed by atoms with Gasteiger partial charge in [-0.15, -0.1) is 0 Å². The maximum atomic E-state index is 5.84. The normalized spacial score (nSPS) is 10.9. The Labute approximate surface area is 86.6 Å². The molecule has 0 radical (unpaired) electrons. The highest BCUT2D eigenvalue weighted by Crippen LogP contribution is 2.20. The van der Waals surface area contributed by atoms with Crippen molar-refractivity contribution in [1.29, 1.82) is 0 Å². The van der Waals surface area contributed by atoms with Crippen LogP contribution in [0, 0.1) is 0 Å². The Hall–Kier alpha value is -2.16. The third-order valence-corrected chi connectivity index (χ3v) is 2.40. The molecule has 0 spiro atoms. The van der Waals surface area contributed by atoms with Crippen LogP contribution in [0.3, 0.4) is 0 Å². The van der Waals surface area contributed by atoms with Gasteiger partial charge in [0.15, 0.2) is 0 Å². The molecule has 3 heteroatoms. The van der Waals surface area contributed by atoms with E-state index in [1.807, 2.05) is 42.5 Å². The van der Waals surface area contributed by atoms with Crippen molar-refractivity contribution in [3.05, 3.63) is 42.5 Å². The number of hydrogen-bond acceptors (Lipinski definition) is 3. The molecule has 0 atom stereocenters. The minimum atomic E-state index is 0.672. The number of nitrogens with zero attached hydrogens (tertiary/aromatic N) is 2. The number of para-hydroxylation sites is 3. The molecule has 0 saturated heterocycles. The number of nitrogen functional groups attached to an aromatic ring is 1. The molecule has 0 amide bonds. The summed E-state index contributed by atoms with van der Waals surface area (Å²) in [5.74, 6) is 0. The third kappa shape index (κ3) is 1.21. The second-order valence-electron chi connectivity index (χ2n) is 3.43. The average molecular weight is 195 g/mol. The molecule has 0 saturated carbocycles. The zero-order chi connectivity index (χ0) is 10.3. The third-order valence-electron chi connectivity index (χ3n) is 2.40. The van der Waals surface area contributed by atoms with E-state index in [-0.39, 0.29) is 0 Å². The van der Waals surface area contributed by atoms with E-state index in [0.29, 0.717) is 5.69 Å². The van der Waals surface area contributed by atoms with E-state index in [0.717, 1.165) is 22.1 Å². The van der Waals surface area contributed by atoms with Gasteiger partial charge in [-0.05, 0) is 24.3 Å². The highest BCUT2D eigenvalue weighted by atomic mass is 14.8. The number of fused-ring (bicyclic) bond motifs is 2. The van der Waals surface area contributed by atoms with Gasteiger partial charge in [-0.1, -0.05) is 18.2 Å². The Morgan fingerprint density at radius 3 is 2.20 bits per heavy atom. The summed E-state index contributed by atoms with van der Waals surface area (Å²) in [5.41, 5.74) is 9.91. The maximum absolute atomic E-state index is 5.84. The van der Waals surface area contributed by atoms with Crippen molar-refractivity contribution in [2.24, 2.45) is 0 Å². The van der Waals surface area contributed by atoms with Gasteiger partial charge >= 0.3 is 0 Å². The maximum Gasteiger partial charge on any atom is 0.112 e. The van der Waals surface area contributed by atoms with E-state index < -0.39 is 0 Å². The van der Waals surface area contributed by atoms with Crippen LogP contribution in [-0.2, 0) is 0 Å². The fourth-order valence-electron chi connectivity index (χ4n) is 1.66. The van der Waals surface area contributed by atoms with Crippen molar-refractivity contribution in [2.75, 3.05) is 5.73 Å². The molecule has 3 aromatic rings. The summed E-state index contributed by atoms with van der Waals surface area (Å²) in [6.45, 7) is 0. The molecule has 1 heterocycles. The van der Waals surface area contributed by atoms with Crippen molar-refractivity contribution in [3.8, 4) is 0 Å². The van der Waals surface area contributed by atoms with Crippen LogP contribution in [0.5, 0.6) is 0 Å². The molecule has 0 aliphatic heterocycles. The molecular formula is C12H9N3. The van der Waals surface area contributed by atoms with Crippen LogP contribution in [0.4, 0.5) is 5.69 Å². The van der Waals surface area contributed by atoms with Gasteiger partial charge in [0.05, 0.1) is 22.2 Å². The molecule has 0 aliphatic rings. The highest BCUT2D eigenvalue weighted by molar-refractivity contribution is 5.92. The number of rotatable bonds is 0. The molecule has 0 aliphatic carbocycles. The molecule has 72 valence electrons. The van der Waals surface area contributed by atoms with Gasteiger partial charge in [0.2, 0.25) is 0 Å². The first-order valence-electron chi connectivity index (χ1n) is 4.75. The zero-order valence-corrected chi connectivity index (χ0v) is 8.01. The van der Waals surface area contributed by atoms with Gasteiger partial charge in [0.25, 0.3) is 0 Å². The number of benzene rings is 2. The molecule has 3 nitrogen and oxygen atoms in total. The monoisotopic (exact) mass is 195 g/mol. The zero-order valence-electron chi connectivity index (χ0n) is 8.01. The van der Waals surface area contributed by atoms with E-state index in [4.69, 9.17) is 5.73 Å². The van der Waals surface area contributed by atoms with Crippen LogP contribution < -0.4 is 5.73 Å².